The predicted octanol–water partition coefficient (Wildman–Crippen LogP) is 3.75. The second kappa shape index (κ2) is 8.48. The number of aryl methyl sites for hydroxylation is 2. The number of halogens is 1. The summed E-state index contributed by atoms with van der Waals surface area (Å²) in [5.74, 6) is -2.49. The van der Waals surface area contributed by atoms with Gasteiger partial charge in [0.05, 0.1) is 11.1 Å². The summed E-state index contributed by atoms with van der Waals surface area (Å²) in [6, 6.07) is 17.0. The van der Waals surface area contributed by atoms with Crippen LogP contribution in [0.5, 0.6) is 0 Å². The Morgan fingerprint density at radius 1 is 0.690 bits per heavy atom. The first-order valence-corrected chi connectivity index (χ1v) is 8.94. The lowest BCUT2D eigenvalue weighted by Crippen LogP contribution is -2.42. The number of hydrazine groups is 1. The topological polar surface area (TPSA) is 75.3 Å². The van der Waals surface area contributed by atoms with Crippen LogP contribution < -0.4 is 10.9 Å². The summed E-state index contributed by atoms with van der Waals surface area (Å²) in [4.78, 5) is 37.6. The summed E-state index contributed by atoms with van der Waals surface area (Å²) in [6.07, 6.45) is 0. The molecule has 3 rings (SSSR count). The average Bonchev–Trinajstić information content (AvgIpc) is 2.73. The maximum atomic E-state index is 13.7. The van der Waals surface area contributed by atoms with Gasteiger partial charge in [0.2, 0.25) is 0 Å². The van der Waals surface area contributed by atoms with Crippen molar-refractivity contribution in [3.8, 4) is 0 Å². The minimum Gasteiger partial charge on any atom is -0.289 e. The smallest absolute Gasteiger partial charge is 0.272 e. The fourth-order valence-electron chi connectivity index (χ4n) is 2.81. The molecule has 0 aliphatic heterocycles. The monoisotopic (exact) mass is 390 g/mol. The molecule has 6 heteroatoms. The molecule has 0 aliphatic rings. The highest BCUT2D eigenvalue weighted by molar-refractivity contribution is 6.15. The average molecular weight is 390 g/mol. The van der Waals surface area contributed by atoms with E-state index >= 15 is 0 Å². The fourth-order valence-corrected chi connectivity index (χ4v) is 2.81. The molecule has 0 bridgehead atoms. The first-order chi connectivity index (χ1) is 13.9. The Morgan fingerprint density at radius 2 is 1.24 bits per heavy atom. The number of benzene rings is 3. The largest absolute Gasteiger partial charge is 0.289 e. The summed E-state index contributed by atoms with van der Waals surface area (Å²) in [5, 5.41) is 0. The van der Waals surface area contributed by atoms with E-state index in [0.29, 0.717) is 5.56 Å². The molecule has 0 spiro atoms. The van der Waals surface area contributed by atoms with E-state index < -0.39 is 17.6 Å². The van der Waals surface area contributed by atoms with Crippen molar-refractivity contribution in [3.05, 3.63) is 106 Å². The zero-order valence-corrected chi connectivity index (χ0v) is 16.0. The van der Waals surface area contributed by atoms with Crippen molar-refractivity contribution >= 4 is 17.6 Å². The molecule has 146 valence electrons. The highest BCUT2D eigenvalue weighted by Gasteiger charge is 2.19. The van der Waals surface area contributed by atoms with Crippen molar-refractivity contribution in [2.75, 3.05) is 0 Å². The van der Waals surface area contributed by atoms with Gasteiger partial charge in [0.15, 0.2) is 5.78 Å². The lowest BCUT2D eigenvalue weighted by Gasteiger charge is -2.11. The number of amides is 2. The van der Waals surface area contributed by atoms with Gasteiger partial charge in [-0.05, 0) is 49.2 Å². The van der Waals surface area contributed by atoms with Crippen LogP contribution >= 0.6 is 0 Å². The molecule has 0 heterocycles. The van der Waals surface area contributed by atoms with Crippen LogP contribution in [0.25, 0.3) is 0 Å². The summed E-state index contributed by atoms with van der Waals surface area (Å²) in [6.45, 7) is 3.85. The van der Waals surface area contributed by atoms with Gasteiger partial charge in [-0.1, -0.05) is 42.5 Å². The molecule has 0 aromatic heterocycles. The number of nitrogens with one attached hydrogen (secondary N) is 2. The molecule has 0 atom stereocenters. The zero-order valence-electron chi connectivity index (χ0n) is 16.0. The van der Waals surface area contributed by atoms with Gasteiger partial charge in [-0.2, -0.15) is 0 Å². The SMILES string of the molecule is Cc1ccc(C(=O)c2ccccc2C(=O)NNC(=O)c2ccccc2F)cc1C. The number of carbonyl (C=O) groups excluding carboxylic acids is 3. The van der Waals surface area contributed by atoms with Crippen molar-refractivity contribution in [2.24, 2.45) is 0 Å². The van der Waals surface area contributed by atoms with Gasteiger partial charge in [-0.15, -0.1) is 0 Å². The van der Waals surface area contributed by atoms with Crippen LogP contribution in [0.3, 0.4) is 0 Å². The van der Waals surface area contributed by atoms with Gasteiger partial charge in [0.1, 0.15) is 5.82 Å². The van der Waals surface area contributed by atoms with Gasteiger partial charge in [0.25, 0.3) is 11.8 Å². The third kappa shape index (κ3) is 4.38. The second-order valence-electron chi connectivity index (χ2n) is 6.56. The Balaban J connectivity index is 1.80. The molecule has 0 fully saturated rings. The van der Waals surface area contributed by atoms with Crippen LogP contribution in [0.2, 0.25) is 0 Å². The molecular weight excluding hydrogens is 371 g/mol. The van der Waals surface area contributed by atoms with Gasteiger partial charge in [-0.25, -0.2) is 4.39 Å². The minimum atomic E-state index is -0.797. The van der Waals surface area contributed by atoms with Crippen LogP contribution in [-0.2, 0) is 0 Å². The van der Waals surface area contributed by atoms with Gasteiger partial charge < -0.3 is 0 Å². The molecule has 5 nitrogen and oxygen atoms in total. The van der Waals surface area contributed by atoms with Crippen molar-refractivity contribution in [2.45, 2.75) is 13.8 Å². The van der Waals surface area contributed by atoms with Crippen molar-refractivity contribution in [1.29, 1.82) is 0 Å². The Bertz CT molecular complexity index is 1110. The lowest BCUT2D eigenvalue weighted by molar-refractivity contribution is 0.0842. The van der Waals surface area contributed by atoms with Crippen molar-refractivity contribution in [1.82, 2.24) is 10.9 Å². The summed E-state index contributed by atoms with van der Waals surface area (Å²) in [7, 11) is 0. The Hall–Kier alpha value is -3.80. The number of rotatable bonds is 4. The van der Waals surface area contributed by atoms with Crippen LogP contribution in [0.1, 0.15) is 47.8 Å². The normalized spacial score (nSPS) is 10.3. The fraction of sp³-hybridized carbons (Fsp3) is 0.0870. The Kier molecular flexibility index (Phi) is 5.83. The third-order valence-corrected chi connectivity index (χ3v) is 4.59. The number of hydrogen-bond acceptors (Lipinski definition) is 3. The number of carbonyl (C=O) groups is 3. The van der Waals surface area contributed by atoms with Gasteiger partial charge in [-0.3, -0.25) is 25.2 Å². The van der Waals surface area contributed by atoms with Gasteiger partial charge >= 0.3 is 0 Å². The van der Waals surface area contributed by atoms with Crippen LogP contribution in [0.4, 0.5) is 4.39 Å². The number of ketones is 1. The van der Waals surface area contributed by atoms with E-state index in [-0.39, 0.29) is 22.5 Å². The summed E-state index contributed by atoms with van der Waals surface area (Å²) >= 11 is 0. The summed E-state index contributed by atoms with van der Waals surface area (Å²) in [5.41, 5.74) is 7.00. The van der Waals surface area contributed by atoms with Crippen molar-refractivity contribution in [3.63, 3.8) is 0 Å². The maximum Gasteiger partial charge on any atom is 0.272 e. The highest BCUT2D eigenvalue weighted by atomic mass is 19.1. The van der Waals surface area contributed by atoms with Crippen LogP contribution in [-0.4, -0.2) is 17.6 Å². The molecule has 3 aromatic rings. The van der Waals surface area contributed by atoms with Gasteiger partial charge in [0, 0.05) is 11.1 Å². The minimum absolute atomic E-state index is 0.101. The van der Waals surface area contributed by atoms with E-state index in [0.717, 1.165) is 17.2 Å². The highest BCUT2D eigenvalue weighted by Crippen LogP contribution is 2.17. The lowest BCUT2D eigenvalue weighted by atomic mass is 9.96. The van der Waals surface area contributed by atoms with Crippen LogP contribution in [0.15, 0.2) is 66.7 Å². The molecular formula is C23H19FN2O3. The van der Waals surface area contributed by atoms with E-state index in [1.165, 1.54) is 24.3 Å². The predicted molar refractivity (Wildman–Crippen MR) is 107 cm³/mol. The molecule has 29 heavy (non-hydrogen) atoms. The molecule has 0 radical (unpaired) electrons. The summed E-state index contributed by atoms with van der Waals surface area (Å²) < 4.78 is 13.7. The number of hydrogen-bond donors (Lipinski definition) is 2. The Morgan fingerprint density at radius 3 is 1.86 bits per heavy atom. The van der Waals surface area contributed by atoms with Crippen LogP contribution in [0, 0.1) is 19.7 Å². The molecule has 0 aliphatic carbocycles. The van der Waals surface area contributed by atoms with E-state index in [2.05, 4.69) is 10.9 Å². The molecule has 0 saturated carbocycles. The van der Waals surface area contributed by atoms with E-state index in [1.54, 1.807) is 30.3 Å². The molecule has 2 N–H and O–H groups in total. The van der Waals surface area contributed by atoms with Crippen molar-refractivity contribution < 1.29 is 18.8 Å². The molecule has 2 amide bonds. The molecule has 3 aromatic carbocycles. The quantitative estimate of drug-likeness (QED) is 0.526. The van der Waals surface area contributed by atoms with E-state index in [4.69, 9.17) is 0 Å². The standard InChI is InChI=1S/C23H19FN2O3/c1-14-11-12-16(13-15(14)2)21(27)17-7-3-4-8-18(17)22(28)25-26-23(29)19-9-5-6-10-20(19)24/h3-13H,1-2H3,(H,25,28)(H,26,29). The zero-order chi connectivity index (χ0) is 21.0. The maximum absolute atomic E-state index is 13.7. The van der Waals surface area contributed by atoms with E-state index in [1.807, 2.05) is 19.9 Å². The Labute approximate surface area is 167 Å². The first-order valence-electron chi connectivity index (χ1n) is 8.94. The third-order valence-electron chi connectivity index (χ3n) is 4.59. The second-order valence-corrected chi connectivity index (χ2v) is 6.56. The molecule has 0 saturated heterocycles. The first kappa shape index (κ1) is 19.9. The van der Waals surface area contributed by atoms with E-state index in [9.17, 15) is 18.8 Å². The molecule has 0 unspecified atom stereocenters.